The first-order chi connectivity index (χ1) is 9.88. The van der Waals surface area contributed by atoms with Gasteiger partial charge in [-0.15, -0.1) is 0 Å². The SMILES string of the molecule is COc1ccc(NC(=O)N2CCCC2(C)C(=O)O)cc1C. The van der Waals surface area contributed by atoms with Crippen molar-refractivity contribution in [2.45, 2.75) is 32.2 Å². The van der Waals surface area contributed by atoms with Crippen LogP contribution in [0, 0.1) is 6.92 Å². The van der Waals surface area contributed by atoms with Crippen molar-refractivity contribution >= 4 is 17.7 Å². The molecule has 1 aromatic carbocycles. The van der Waals surface area contributed by atoms with E-state index in [-0.39, 0.29) is 6.03 Å². The Morgan fingerprint density at radius 1 is 1.43 bits per heavy atom. The van der Waals surface area contributed by atoms with Gasteiger partial charge in [-0.05, 0) is 50.5 Å². The number of anilines is 1. The number of aliphatic carboxylic acids is 1. The van der Waals surface area contributed by atoms with Crippen LogP contribution in [0.4, 0.5) is 10.5 Å². The smallest absolute Gasteiger partial charge is 0.329 e. The fourth-order valence-corrected chi connectivity index (χ4v) is 2.66. The Kier molecular flexibility index (Phi) is 4.06. The number of hydrogen-bond acceptors (Lipinski definition) is 3. The summed E-state index contributed by atoms with van der Waals surface area (Å²) in [6.07, 6.45) is 1.16. The van der Waals surface area contributed by atoms with Gasteiger partial charge in [0.05, 0.1) is 7.11 Å². The number of nitrogens with one attached hydrogen (secondary N) is 1. The topological polar surface area (TPSA) is 78.9 Å². The molecule has 2 rings (SSSR count). The molecule has 0 bridgehead atoms. The van der Waals surface area contributed by atoms with E-state index in [0.29, 0.717) is 25.1 Å². The van der Waals surface area contributed by atoms with Gasteiger partial charge in [-0.2, -0.15) is 0 Å². The molecular weight excluding hydrogens is 272 g/mol. The van der Waals surface area contributed by atoms with Gasteiger partial charge in [0.15, 0.2) is 0 Å². The second-order valence-corrected chi connectivity index (χ2v) is 5.45. The third-order valence-electron chi connectivity index (χ3n) is 3.99. The number of methoxy groups -OCH3 is 1. The van der Waals surface area contributed by atoms with Crippen molar-refractivity contribution in [2.75, 3.05) is 19.0 Å². The third-order valence-corrected chi connectivity index (χ3v) is 3.99. The van der Waals surface area contributed by atoms with Crippen LogP contribution < -0.4 is 10.1 Å². The number of likely N-dealkylation sites (tertiary alicyclic amines) is 1. The highest BCUT2D eigenvalue weighted by Crippen LogP contribution is 2.30. The first-order valence-corrected chi connectivity index (χ1v) is 6.85. The lowest BCUT2D eigenvalue weighted by atomic mass is 10.00. The summed E-state index contributed by atoms with van der Waals surface area (Å²) in [6, 6.07) is 4.91. The number of carboxylic acid groups (broad SMARTS) is 1. The number of aryl methyl sites for hydroxylation is 1. The fraction of sp³-hybridized carbons (Fsp3) is 0.467. The maximum absolute atomic E-state index is 12.3. The molecule has 6 heteroatoms. The average Bonchev–Trinajstić information content (AvgIpc) is 2.82. The van der Waals surface area contributed by atoms with Crippen LogP contribution in [-0.4, -0.2) is 41.2 Å². The summed E-state index contributed by atoms with van der Waals surface area (Å²) >= 11 is 0. The number of carbonyl (C=O) groups excluding carboxylic acids is 1. The van der Waals surface area contributed by atoms with Crippen LogP contribution >= 0.6 is 0 Å². The minimum Gasteiger partial charge on any atom is -0.496 e. The predicted molar refractivity (Wildman–Crippen MR) is 78.7 cm³/mol. The van der Waals surface area contributed by atoms with E-state index in [9.17, 15) is 14.7 Å². The molecule has 114 valence electrons. The Bertz CT molecular complexity index is 573. The normalized spacial score (nSPS) is 21.2. The van der Waals surface area contributed by atoms with Gasteiger partial charge in [-0.1, -0.05) is 0 Å². The Labute approximate surface area is 123 Å². The Balaban J connectivity index is 2.14. The minimum atomic E-state index is -1.13. The van der Waals surface area contributed by atoms with Crippen LogP contribution in [0.2, 0.25) is 0 Å². The van der Waals surface area contributed by atoms with Crippen molar-refractivity contribution in [1.82, 2.24) is 4.90 Å². The molecule has 0 radical (unpaired) electrons. The number of ether oxygens (including phenoxy) is 1. The van der Waals surface area contributed by atoms with Crippen molar-refractivity contribution in [3.63, 3.8) is 0 Å². The molecule has 1 aliphatic heterocycles. The Morgan fingerprint density at radius 3 is 2.71 bits per heavy atom. The van der Waals surface area contributed by atoms with Crippen molar-refractivity contribution in [3.8, 4) is 5.75 Å². The number of amides is 2. The summed E-state index contributed by atoms with van der Waals surface area (Å²) in [6.45, 7) is 3.91. The first-order valence-electron chi connectivity index (χ1n) is 6.85. The van der Waals surface area contributed by atoms with Crippen LogP contribution in [0.25, 0.3) is 0 Å². The van der Waals surface area contributed by atoms with Gasteiger partial charge in [0.25, 0.3) is 0 Å². The molecule has 0 aromatic heterocycles. The molecule has 0 saturated carbocycles. The van der Waals surface area contributed by atoms with Gasteiger partial charge in [-0.3, -0.25) is 0 Å². The lowest BCUT2D eigenvalue weighted by Gasteiger charge is -2.31. The summed E-state index contributed by atoms with van der Waals surface area (Å²) in [5.41, 5.74) is 0.390. The van der Waals surface area contributed by atoms with Gasteiger partial charge >= 0.3 is 12.0 Å². The summed E-state index contributed by atoms with van der Waals surface area (Å²) in [5, 5.41) is 12.1. The molecule has 1 atom stereocenters. The standard InChI is InChI=1S/C15H20N2O4/c1-10-9-11(5-6-12(10)21-3)16-14(20)17-8-4-7-15(17,2)13(18)19/h5-6,9H,4,7-8H2,1-3H3,(H,16,20)(H,18,19). The van der Waals surface area contributed by atoms with Gasteiger partial charge in [-0.25, -0.2) is 9.59 Å². The molecule has 1 fully saturated rings. The summed E-state index contributed by atoms with van der Waals surface area (Å²) in [5.74, 6) is -0.231. The van der Waals surface area contributed by atoms with Crippen LogP contribution in [0.15, 0.2) is 18.2 Å². The van der Waals surface area contributed by atoms with Crippen LogP contribution in [0.1, 0.15) is 25.3 Å². The molecular formula is C15H20N2O4. The second-order valence-electron chi connectivity index (χ2n) is 5.45. The van der Waals surface area contributed by atoms with Gasteiger partial charge in [0, 0.05) is 12.2 Å². The monoisotopic (exact) mass is 292 g/mol. The van der Waals surface area contributed by atoms with E-state index in [4.69, 9.17) is 4.74 Å². The van der Waals surface area contributed by atoms with Crippen molar-refractivity contribution < 1.29 is 19.4 Å². The molecule has 2 amide bonds. The largest absolute Gasteiger partial charge is 0.496 e. The molecule has 1 unspecified atom stereocenters. The van der Waals surface area contributed by atoms with Crippen molar-refractivity contribution in [2.24, 2.45) is 0 Å². The molecule has 2 N–H and O–H groups in total. The lowest BCUT2D eigenvalue weighted by Crippen LogP contribution is -2.52. The van der Waals surface area contributed by atoms with E-state index in [1.807, 2.05) is 6.92 Å². The highest BCUT2D eigenvalue weighted by Gasteiger charge is 2.46. The highest BCUT2D eigenvalue weighted by molar-refractivity contribution is 5.94. The molecule has 21 heavy (non-hydrogen) atoms. The van der Waals surface area contributed by atoms with Gasteiger partial charge in [0.2, 0.25) is 0 Å². The number of nitrogens with zero attached hydrogens (tertiary/aromatic N) is 1. The predicted octanol–water partition coefficient (Wildman–Crippen LogP) is 2.47. The lowest BCUT2D eigenvalue weighted by molar-refractivity contribution is -0.146. The van der Waals surface area contributed by atoms with Crippen LogP contribution in [0.3, 0.4) is 0 Å². The molecule has 6 nitrogen and oxygen atoms in total. The third kappa shape index (κ3) is 2.79. The zero-order chi connectivity index (χ0) is 15.6. The zero-order valence-corrected chi connectivity index (χ0v) is 12.5. The first kappa shape index (κ1) is 15.2. The van der Waals surface area contributed by atoms with Gasteiger partial charge in [0.1, 0.15) is 11.3 Å². The molecule has 0 aliphatic carbocycles. The number of hydrogen-bond donors (Lipinski definition) is 2. The fourth-order valence-electron chi connectivity index (χ4n) is 2.66. The number of benzene rings is 1. The number of urea groups is 1. The highest BCUT2D eigenvalue weighted by atomic mass is 16.5. The maximum atomic E-state index is 12.3. The maximum Gasteiger partial charge on any atom is 0.329 e. The van der Waals surface area contributed by atoms with E-state index in [2.05, 4.69) is 5.32 Å². The quantitative estimate of drug-likeness (QED) is 0.897. The zero-order valence-electron chi connectivity index (χ0n) is 12.5. The summed E-state index contributed by atoms with van der Waals surface area (Å²) in [4.78, 5) is 25.1. The molecule has 1 aliphatic rings. The van der Waals surface area contributed by atoms with E-state index in [1.54, 1.807) is 32.2 Å². The summed E-state index contributed by atoms with van der Waals surface area (Å²) in [7, 11) is 1.59. The van der Waals surface area contributed by atoms with Crippen LogP contribution in [0.5, 0.6) is 5.75 Å². The van der Waals surface area contributed by atoms with Crippen molar-refractivity contribution in [3.05, 3.63) is 23.8 Å². The number of carboxylic acids is 1. The van der Waals surface area contributed by atoms with E-state index >= 15 is 0 Å². The minimum absolute atomic E-state index is 0.387. The number of carbonyl (C=O) groups is 2. The molecule has 1 saturated heterocycles. The van der Waals surface area contributed by atoms with Crippen LogP contribution in [-0.2, 0) is 4.79 Å². The molecule has 1 heterocycles. The van der Waals surface area contributed by atoms with E-state index in [1.165, 1.54) is 4.90 Å². The van der Waals surface area contributed by atoms with E-state index in [0.717, 1.165) is 11.3 Å². The Hall–Kier alpha value is -2.24. The van der Waals surface area contributed by atoms with Crippen molar-refractivity contribution in [1.29, 1.82) is 0 Å². The number of rotatable bonds is 3. The van der Waals surface area contributed by atoms with Gasteiger partial charge < -0.3 is 20.1 Å². The second kappa shape index (κ2) is 5.63. The average molecular weight is 292 g/mol. The molecule has 1 aromatic rings. The Morgan fingerprint density at radius 2 is 2.14 bits per heavy atom. The summed E-state index contributed by atoms with van der Waals surface area (Å²) < 4.78 is 5.17. The molecule has 0 spiro atoms. The van der Waals surface area contributed by atoms with E-state index < -0.39 is 11.5 Å².